The predicted molar refractivity (Wildman–Crippen MR) is 86.0 cm³/mol. The number of sulfone groups is 1. The van der Waals surface area contributed by atoms with E-state index >= 15 is 0 Å². The van der Waals surface area contributed by atoms with E-state index in [-0.39, 0.29) is 23.9 Å². The number of benzene rings is 1. The van der Waals surface area contributed by atoms with Gasteiger partial charge in [-0.05, 0) is 37.5 Å². The van der Waals surface area contributed by atoms with Crippen LogP contribution in [-0.4, -0.2) is 26.6 Å². The van der Waals surface area contributed by atoms with Crippen molar-refractivity contribution in [3.8, 4) is 0 Å². The Labute approximate surface area is 132 Å². The molecular formula is C16H24N2O3S. The van der Waals surface area contributed by atoms with Crippen molar-refractivity contribution in [2.45, 2.75) is 49.6 Å². The van der Waals surface area contributed by atoms with Crippen molar-refractivity contribution in [3.05, 3.63) is 29.8 Å². The van der Waals surface area contributed by atoms with Crippen molar-refractivity contribution in [1.82, 2.24) is 5.32 Å². The zero-order valence-electron chi connectivity index (χ0n) is 13.1. The van der Waals surface area contributed by atoms with Crippen molar-refractivity contribution < 1.29 is 13.2 Å². The number of hydrogen-bond acceptors (Lipinski definition) is 4. The third-order valence-corrected chi connectivity index (χ3v) is 5.53. The lowest BCUT2D eigenvalue weighted by Gasteiger charge is -2.32. The number of nitrogens with one attached hydrogen (secondary N) is 1. The molecule has 0 saturated heterocycles. The lowest BCUT2D eigenvalue weighted by molar-refractivity contribution is -0.123. The molecule has 2 rings (SSSR count). The van der Waals surface area contributed by atoms with Crippen LogP contribution in [-0.2, 0) is 14.6 Å². The summed E-state index contributed by atoms with van der Waals surface area (Å²) in [5, 5.41) is 3.47. The first kappa shape index (κ1) is 17.0. The molecule has 0 aromatic heterocycles. The minimum atomic E-state index is -3.17. The molecule has 0 heterocycles. The van der Waals surface area contributed by atoms with Crippen LogP contribution in [0, 0.1) is 5.92 Å². The van der Waals surface area contributed by atoms with Gasteiger partial charge in [-0.3, -0.25) is 4.79 Å². The van der Waals surface area contributed by atoms with Gasteiger partial charge in [-0.2, -0.15) is 0 Å². The second-order valence-electron chi connectivity index (χ2n) is 6.13. The van der Waals surface area contributed by atoms with E-state index in [1.54, 1.807) is 12.1 Å². The molecule has 0 bridgehead atoms. The topological polar surface area (TPSA) is 89.3 Å². The molecule has 1 aromatic rings. The van der Waals surface area contributed by atoms with E-state index < -0.39 is 9.84 Å². The van der Waals surface area contributed by atoms with Crippen molar-refractivity contribution in [1.29, 1.82) is 0 Å². The van der Waals surface area contributed by atoms with Gasteiger partial charge in [-0.15, -0.1) is 0 Å². The van der Waals surface area contributed by atoms with E-state index in [1.807, 2.05) is 19.1 Å². The molecular weight excluding hydrogens is 300 g/mol. The first-order valence-electron chi connectivity index (χ1n) is 7.64. The highest BCUT2D eigenvalue weighted by atomic mass is 32.2. The van der Waals surface area contributed by atoms with Crippen LogP contribution in [0.5, 0.6) is 0 Å². The number of nitrogens with two attached hydrogens (primary N) is 1. The van der Waals surface area contributed by atoms with E-state index in [1.165, 1.54) is 6.26 Å². The van der Waals surface area contributed by atoms with Crippen LogP contribution in [0.1, 0.15) is 44.2 Å². The summed E-state index contributed by atoms with van der Waals surface area (Å²) in [6.45, 7) is 2.02. The number of carbonyl (C=O) groups is 1. The molecule has 0 radical (unpaired) electrons. The number of primary amides is 1. The molecule has 122 valence electrons. The third kappa shape index (κ3) is 4.08. The summed E-state index contributed by atoms with van der Waals surface area (Å²) in [5.41, 5.74) is 6.50. The molecule has 5 nitrogen and oxygen atoms in total. The molecule has 0 aliphatic heterocycles. The van der Waals surface area contributed by atoms with Crippen LogP contribution in [0.15, 0.2) is 29.2 Å². The second-order valence-corrected chi connectivity index (χ2v) is 8.15. The van der Waals surface area contributed by atoms with Crippen molar-refractivity contribution in [3.63, 3.8) is 0 Å². The summed E-state index contributed by atoms with van der Waals surface area (Å²) in [7, 11) is -3.17. The van der Waals surface area contributed by atoms with Gasteiger partial charge in [-0.1, -0.05) is 25.0 Å². The zero-order chi connectivity index (χ0) is 16.3. The summed E-state index contributed by atoms with van der Waals surface area (Å²) in [6, 6.07) is 7.01. The van der Waals surface area contributed by atoms with Crippen molar-refractivity contribution in [2.24, 2.45) is 11.7 Å². The number of rotatable bonds is 5. The monoisotopic (exact) mass is 324 g/mol. The maximum absolute atomic E-state index is 11.6. The smallest absolute Gasteiger partial charge is 0.222 e. The molecule has 6 heteroatoms. The minimum absolute atomic E-state index is 0.0403. The molecule has 0 unspecified atom stereocenters. The van der Waals surface area contributed by atoms with Crippen LogP contribution < -0.4 is 11.1 Å². The normalized spacial score (nSPS) is 23.9. The maximum atomic E-state index is 11.6. The number of hydrogen-bond donors (Lipinski definition) is 2. The van der Waals surface area contributed by atoms with E-state index in [0.29, 0.717) is 4.90 Å². The summed E-state index contributed by atoms with van der Waals surface area (Å²) in [4.78, 5) is 11.9. The first-order chi connectivity index (χ1) is 10.3. The Kier molecular flexibility index (Phi) is 5.24. The fourth-order valence-corrected chi connectivity index (χ4v) is 3.72. The molecule has 1 fully saturated rings. The average Bonchev–Trinajstić information content (AvgIpc) is 2.46. The Bertz CT molecular complexity index is 625. The lowest BCUT2D eigenvalue weighted by atomic mass is 9.83. The third-order valence-electron chi connectivity index (χ3n) is 4.40. The van der Waals surface area contributed by atoms with Crippen LogP contribution in [0.2, 0.25) is 0 Å². The molecule has 3 atom stereocenters. The van der Waals surface area contributed by atoms with Crippen LogP contribution >= 0.6 is 0 Å². The van der Waals surface area contributed by atoms with Gasteiger partial charge in [0.2, 0.25) is 5.91 Å². The van der Waals surface area contributed by atoms with Crippen molar-refractivity contribution in [2.75, 3.05) is 6.26 Å². The molecule has 0 spiro atoms. The Morgan fingerprint density at radius 1 is 1.23 bits per heavy atom. The second kappa shape index (κ2) is 6.79. The highest BCUT2D eigenvalue weighted by Gasteiger charge is 2.30. The molecule has 22 heavy (non-hydrogen) atoms. The van der Waals surface area contributed by atoms with E-state index in [0.717, 1.165) is 31.2 Å². The highest BCUT2D eigenvalue weighted by Crippen LogP contribution is 2.27. The molecule has 1 saturated carbocycles. The quantitative estimate of drug-likeness (QED) is 0.864. The van der Waals surface area contributed by atoms with E-state index in [9.17, 15) is 13.2 Å². The van der Waals surface area contributed by atoms with Gasteiger partial charge in [0.05, 0.1) is 10.8 Å². The Morgan fingerprint density at radius 3 is 2.36 bits per heavy atom. The molecule has 3 N–H and O–H groups in total. The van der Waals surface area contributed by atoms with Crippen LogP contribution in [0.3, 0.4) is 0 Å². The van der Waals surface area contributed by atoms with Gasteiger partial charge < -0.3 is 11.1 Å². The summed E-state index contributed by atoms with van der Waals surface area (Å²) >= 11 is 0. The summed E-state index contributed by atoms with van der Waals surface area (Å²) in [5.74, 6) is -0.358. The summed E-state index contributed by atoms with van der Waals surface area (Å²) < 4.78 is 23.0. The van der Waals surface area contributed by atoms with Gasteiger partial charge in [0.1, 0.15) is 0 Å². The average molecular weight is 324 g/mol. The number of carbonyl (C=O) groups excluding carboxylic acids is 1. The Morgan fingerprint density at radius 2 is 1.82 bits per heavy atom. The van der Waals surface area contributed by atoms with E-state index in [2.05, 4.69) is 5.32 Å². The first-order valence-corrected chi connectivity index (χ1v) is 9.53. The van der Waals surface area contributed by atoms with Gasteiger partial charge in [0.15, 0.2) is 9.84 Å². The Hall–Kier alpha value is -1.40. The maximum Gasteiger partial charge on any atom is 0.222 e. The molecule has 1 aromatic carbocycles. The molecule has 1 amide bonds. The predicted octanol–water partition coefficient (Wildman–Crippen LogP) is 1.78. The van der Waals surface area contributed by atoms with Gasteiger partial charge in [0, 0.05) is 18.3 Å². The van der Waals surface area contributed by atoms with Crippen molar-refractivity contribution >= 4 is 15.7 Å². The summed E-state index contributed by atoms with van der Waals surface area (Å²) in [6.07, 6.45) is 5.12. The largest absolute Gasteiger partial charge is 0.369 e. The lowest BCUT2D eigenvalue weighted by Crippen LogP contribution is -2.45. The van der Waals surface area contributed by atoms with Gasteiger partial charge in [-0.25, -0.2) is 8.42 Å². The fraction of sp³-hybridized carbons (Fsp3) is 0.562. The molecule has 1 aliphatic carbocycles. The highest BCUT2D eigenvalue weighted by molar-refractivity contribution is 7.90. The van der Waals surface area contributed by atoms with Crippen LogP contribution in [0.4, 0.5) is 0 Å². The van der Waals surface area contributed by atoms with Gasteiger partial charge >= 0.3 is 0 Å². The fourth-order valence-electron chi connectivity index (χ4n) is 3.09. The standard InChI is InChI=1S/C16H24N2O3S/c1-11(12-7-9-13(10-8-12)22(2,20)21)18-15-6-4-3-5-14(15)16(17)19/h7-11,14-15,18H,3-6H2,1-2H3,(H2,17,19)/t11-,14+,15+/m0/s1. The molecule has 1 aliphatic rings. The number of amides is 1. The van der Waals surface area contributed by atoms with E-state index in [4.69, 9.17) is 5.73 Å². The minimum Gasteiger partial charge on any atom is -0.369 e. The van der Waals surface area contributed by atoms with Crippen LogP contribution in [0.25, 0.3) is 0 Å². The SMILES string of the molecule is C[C@H](N[C@@H]1CCCC[C@H]1C(N)=O)c1ccc(S(C)(=O)=O)cc1. The van der Waals surface area contributed by atoms with Gasteiger partial charge in [0.25, 0.3) is 0 Å². The zero-order valence-corrected chi connectivity index (χ0v) is 13.9. The Balaban J connectivity index is 2.08.